The summed E-state index contributed by atoms with van der Waals surface area (Å²) in [5, 5.41) is 2.86. The molecule has 1 N–H and O–H groups in total. The topological polar surface area (TPSA) is 75.7 Å². The lowest BCUT2D eigenvalue weighted by Gasteiger charge is -2.31. The van der Waals surface area contributed by atoms with Gasteiger partial charge in [0.2, 0.25) is 10.0 Å². The van der Waals surface area contributed by atoms with E-state index in [0.717, 1.165) is 18.4 Å². The van der Waals surface area contributed by atoms with Gasteiger partial charge in [-0.15, -0.1) is 0 Å². The number of rotatable bonds is 7. The number of aryl methyl sites for hydroxylation is 1. The van der Waals surface area contributed by atoms with Crippen LogP contribution in [0.2, 0.25) is 0 Å². The lowest BCUT2D eigenvalue weighted by molar-refractivity contribution is 0.102. The molecule has 0 radical (unpaired) electrons. The van der Waals surface area contributed by atoms with Crippen LogP contribution in [0.4, 0.5) is 11.4 Å². The average molecular weight is 403 g/mol. The lowest BCUT2D eigenvalue weighted by atomic mass is 10.0. The highest BCUT2D eigenvalue weighted by Crippen LogP contribution is 2.32. The molecule has 0 saturated carbocycles. The molecule has 0 spiro atoms. The molecule has 28 heavy (non-hydrogen) atoms. The van der Waals surface area contributed by atoms with E-state index in [1.54, 1.807) is 30.3 Å². The van der Waals surface area contributed by atoms with E-state index in [0.29, 0.717) is 42.3 Å². The molecule has 0 fully saturated rings. The fraction of sp³-hybridized carbons (Fsp3) is 0.381. The van der Waals surface area contributed by atoms with Gasteiger partial charge in [0.1, 0.15) is 5.75 Å². The lowest BCUT2D eigenvalue weighted by Crippen LogP contribution is -2.37. The van der Waals surface area contributed by atoms with Crippen LogP contribution in [0.25, 0.3) is 0 Å². The number of nitrogens with zero attached hydrogens (tertiary/aromatic N) is 1. The molecule has 1 amide bonds. The Labute approximate surface area is 166 Å². The summed E-state index contributed by atoms with van der Waals surface area (Å²) in [6.07, 6.45) is 2.21. The largest absolute Gasteiger partial charge is 0.494 e. The molecule has 1 aliphatic heterocycles. The minimum Gasteiger partial charge on any atom is -0.494 e. The first-order valence-electron chi connectivity index (χ1n) is 9.62. The van der Waals surface area contributed by atoms with Crippen molar-refractivity contribution < 1.29 is 17.9 Å². The average Bonchev–Trinajstić information content (AvgIpc) is 2.68. The van der Waals surface area contributed by atoms with E-state index < -0.39 is 10.0 Å². The number of carbonyl (C=O) groups is 1. The van der Waals surface area contributed by atoms with Gasteiger partial charge in [0.25, 0.3) is 5.91 Å². The van der Waals surface area contributed by atoms with Crippen LogP contribution in [0, 0.1) is 0 Å². The summed E-state index contributed by atoms with van der Waals surface area (Å²) < 4.78 is 32.1. The Kier molecular flexibility index (Phi) is 6.24. The third-order valence-corrected chi connectivity index (χ3v) is 6.62. The predicted octanol–water partition coefficient (Wildman–Crippen LogP) is 3.83. The Bertz CT molecular complexity index is 939. The van der Waals surface area contributed by atoms with Gasteiger partial charge in [-0.1, -0.05) is 13.0 Å². The van der Waals surface area contributed by atoms with Crippen molar-refractivity contribution in [1.29, 1.82) is 0 Å². The Morgan fingerprint density at radius 2 is 1.89 bits per heavy atom. The Balaban J connectivity index is 1.81. The van der Waals surface area contributed by atoms with Gasteiger partial charge in [0.15, 0.2) is 0 Å². The molecule has 3 rings (SSSR count). The maximum atomic E-state index is 12.6. The molecule has 0 aliphatic carbocycles. The first-order valence-corrected chi connectivity index (χ1v) is 11.2. The number of sulfonamides is 1. The molecule has 1 aliphatic rings. The minimum atomic E-state index is -3.35. The van der Waals surface area contributed by atoms with Crippen molar-refractivity contribution in [3.63, 3.8) is 0 Å². The first kappa shape index (κ1) is 20.2. The summed E-state index contributed by atoms with van der Waals surface area (Å²) in [5.74, 6) is 0.584. The van der Waals surface area contributed by atoms with Crippen molar-refractivity contribution in [2.75, 3.05) is 28.5 Å². The van der Waals surface area contributed by atoms with Gasteiger partial charge in [-0.05, 0) is 68.1 Å². The van der Waals surface area contributed by atoms with Crippen molar-refractivity contribution in [1.82, 2.24) is 0 Å². The zero-order chi connectivity index (χ0) is 20.1. The van der Waals surface area contributed by atoms with Gasteiger partial charge in [-0.3, -0.25) is 9.10 Å². The van der Waals surface area contributed by atoms with Crippen molar-refractivity contribution in [3.05, 3.63) is 53.6 Å². The standard InChI is InChI=1S/C21H26N2O4S/c1-3-14-28(25,26)23-13-5-6-16-7-10-18(15-20(16)23)22-21(24)17-8-11-19(12-9-17)27-4-2/h7-12,15H,3-6,13-14H2,1-2H3,(H,22,24). The van der Waals surface area contributed by atoms with Gasteiger partial charge in [0, 0.05) is 17.8 Å². The normalized spacial score (nSPS) is 13.7. The summed E-state index contributed by atoms with van der Waals surface area (Å²) in [5.41, 5.74) is 2.75. The van der Waals surface area contributed by atoms with Crippen LogP contribution < -0.4 is 14.4 Å². The summed E-state index contributed by atoms with van der Waals surface area (Å²) in [6.45, 7) is 4.81. The van der Waals surface area contributed by atoms with E-state index in [2.05, 4.69) is 5.32 Å². The SMILES string of the molecule is CCCS(=O)(=O)N1CCCc2ccc(NC(=O)c3ccc(OCC)cc3)cc21. The zero-order valence-corrected chi connectivity index (χ0v) is 17.1. The van der Waals surface area contributed by atoms with Crippen LogP contribution in [-0.2, 0) is 16.4 Å². The van der Waals surface area contributed by atoms with Gasteiger partial charge in [0.05, 0.1) is 18.0 Å². The number of nitrogens with one attached hydrogen (secondary N) is 1. The second-order valence-electron chi connectivity index (χ2n) is 6.75. The third kappa shape index (κ3) is 4.47. The predicted molar refractivity (Wildman–Crippen MR) is 112 cm³/mol. The van der Waals surface area contributed by atoms with Crippen LogP contribution >= 0.6 is 0 Å². The number of anilines is 2. The molecule has 150 valence electrons. The monoisotopic (exact) mass is 402 g/mol. The smallest absolute Gasteiger partial charge is 0.255 e. The molecular formula is C21H26N2O4S. The summed E-state index contributed by atoms with van der Waals surface area (Å²) >= 11 is 0. The molecule has 0 atom stereocenters. The van der Waals surface area contributed by atoms with Gasteiger partial charge in [-0.2, -0.15) is 0 Å². The van der Waals surface area contributed by atoms with E-state index in [-0.39, 0.29) is 11.7 Å². The number of benzene rings is 2. The Hall–Kier alpha value is -2.54. The number of amides is 1. The molecule has 7 heteroatoms. The number of ether oxygens (including phenoxy) is 1. The third-order valence-electron chi connectivity index (χ3n) is 4.64. The number of hydrogen-bond acceptors (Lipinski definition) is 4. The van der Waals surface area contributed by atoms with Gasteiger partial charge < -0.3 is 10.1 Å². The molecule has 0 bridgehead atoms. The van der Waals surface area contributed by atoms with E-state index in [4.69, 9.17) is 4.74 Å². The first-order chi connectivity index (χ1) is 13.4. The van der Waals surface area contributed by atoms with E-state index in [1.807, 2.05) is 26.0 Å². The van der Waals surface area contributed by atoms with E-state index >= 15 is 0 Å². The minimum absolute atomic E-state index is 0.120. The fourth-order valence-corrected chi connectivity index (χ4v) is 4.96. The fourth-order valence-electron chi connectivity index (χ4n) is 3.35. The number of hydrogen-bond donors (Lipinski definition) is 1. The quantitative estimate of drug-likeness (QED) is 0.764. The summed E-state index contributed by atoms with van der Waals surface area (Å²) in [6, 6.07) is 12.4. The highest BCUT2D eigenvalue weighted by molar-refractivity contribution is 7.92. The highest BCUT2D eigenvalue weighted by Gasteiger charge is 2.27. The van der Waals surface area contributed by atoms with Crippen molar-refractivity contribution in [3.8, 4) is 5.75 Å². The maximum Gasteiger partial charge on any atom is 0.255 e. The van der Waals surface area contributed by atoms with Gasteiger partial charge in [-0.25, -0.2) is 8.42 Å². The number of fused-ring (bicyclic) bond motifs is 1. The van der Waals surface area contributed by atoms with Crippen LogP contribution in [0.1, 0.15) is 42.6 Å². The molecular weight excluding hydrogens is 376 g/mol. The van der Waals surface area contributed by atoms with Gasteiger partial charge >= 0.3 is 0 Å². The van der Waals surface area contributed by atoms with Crippen LogP contribution in [0.5, 0.6) is 5.75 Å². The molecule has 0 saturated heterocycles. The van der Waals surface area contributed by atoms with Crippen molar-refractivity contribution >= 4 is 27.3 Å². The molecule has 2 aromatic carbocycles. The molecule has 6 nitrogen and oxygen atoms in total. The Morgan fingerprint density at radius 3 is 2.57 bits per heavy atom. The molecule has 2 aromatic rings. The highest BCUT2D eigenvalue weighted by atomic mass is 32.2. The van der Waals surface area contributed by atoms with Crippen molar-refractivity contribution in [2.24, 2.45) is 0 Å². The van der Waals surface area contributed by atoms with E-state index in [1.165, 1.54) is 4.31 Å². The molecule has 1 heterocycles. The second kappa shape index (κ2) is 8.65. The molecule has 0 unspecified atom stereocenters. The summed E-state index contributed by atoms with van der Waals surface area (Å²) in [4.78, 5) is 12.5. The van der Waals surface area contributed by atoms with Crippen LogP contribution in [0.15, 0.2) is 42.5 Å². The van der Waals surface area contributed by atoms with Crippen LogP contribution in [0.3, 0.4) is 0 Å². The maximum absolute atomic E-state index is 12.6. The van der Waals surface area contributed by atoms with E-state index in [9.17, 15) is 13.2 Å². The molecule has 0 aromatic heterocycles. The van der Waals surface area contributed by atoms with Crippen LogP contribution in [-0.4, -0.2) is 33.2 Å². The van der Waals surface area contributed by atoms with Crippen molar-refractivity contribution in [2.45, 2.75) is 33.1 Å². The zero-order valence-electron chi connectivity index (χ0n) is 16.3. The Morgan fingerprint density at radius 1 is 1.14 bits per heavy atom. The number of carbonyl (C=O) groups excluding carboxylic acids is 1. The second-order valence-corrected chi connectivity index (χ2v) is 8.76. The summed E-state index contributed by atoms with van der Waals surface area (Å²) in [7, 11) is -3.35.